The van der Waals surface area contributed by atoms with Crippen molar-refractivity contribution in [2.45, 2.75) is 26.7 Å². The van der Waals surface area contributed by atoms with E-state index in [2.05, 4.69) is 5.32 Å². The second-order valence-corrected chi connectivity index (χ2v) is 5.51. The van der Waals surface area contributed by atoms with Gasteiger partial charge in [-0.25, -0.2) is 9.59 Å². The highest BCUT2D eigenvalue weighted by atomic mass is 16.6. The third-order valence-electron chi connectivity index (χ3n) is 3.89. The SMILES string of the molecule is CCOC(=O)C1=CNC(C)=C(C(=O)OCC)C1c1ccc([N+](=O)[O-])cc1. The second kappa shape index (κ2) is 8.28. The number of nitrogens with one attached hydrogen (secondary N) is 1. The minimum absolute atomic E-state index is 0.0808. The topological polar surface area (TPSA) is 108 Å². The molecule has 8 heteroatoms. The van der Waals surface area contributed by atoms with Gasteiger partial charge in [0, 0.05) is 24.0 Å². The van der Waals surface area contributed by atoms with Crippen LogP contribution in [0.5, 0.6) is 0 Å². The van der Waals surface area contributed by atoms with E-state index in [1.54, 1.807) is 20.8 Å². The second-order valence-electron chi connectivity index (χ2n) is 5.51. The zero-order valence-electron chi connectivity index (χ0n) is 14.8. The number of nitro groups is 1. The van der Waals surface area contributed by atoms with Crippen molar-refractivity contribution < 1.29 is 24.0 Å². The summed E-state index contributed by atoms with van der Waals surface area (Å²) < 4.78 is 10.2. The van der Waals surface area contributed by atoms with Crippen LogP contribution in [0.25, 0.3) is 0 Å². The molecule has 0 fully saturated rings. The van der Waals surface area contributed by atoms with Gasteiger partial charge >= 0.3 is 11.9 Å². The molecule has 1 heterocycles. The van der Waals surface area contributed by atoms with Gasteiger partial charge in [-0.15, -0.1) is 0 Å². The number of nitro benzene ring substituents is 1. The zero-order chi connectivity index (χ0) is 19.3. The lowest BCUT2D eigenvalue weighted by atomic mass is 9.82. The number of hydrogen-bond donors (Lipinski definition) is 1. The molecule has 26 heavy (non-hydrogen) atoms. The van der Waals surface area contributed by atoms with Crippen LogP contribution in [0.1, 0.15) is 32.3 Å². The summed E-state index contributed by atoms with van der Waals surface area (Å²) in [5.41, 5.74) is 1.52. The van der Waals surface area contributed by atoms with Crippen molar-refractivity contribution in [3.8, 4) is 0 Å². The van der Waals surface area contributed by atoms with Crippen molar-refractivity contribution in [3.63, 3.8) is 0 Å². The molecule has 0 saturated carbocycles. The summed E-state index contributed by atoms with van der Waals surface area (Å²) in [7, 11) is 0. The van der Waals surface area contributed by atoms with Crippen molar-refractivity contribution >= 4 is 17.6 Å². The number of carbonyl (C=O) groups is 2. The maximum absolute atomic E-state index is 12.5. The maximum Gasteiger partial charge on any atom is 0.336 e. The molecule has 0 aliphatic carbocycles. The van der Waals surface area contributed by atoms with Gasteiger partial charge in [-0.1, -0.05) is 12.1 Å². The molecule has 0 radical (unpaired) electrons. The molecule has 1 aliphatic heterocycles. The first-order chi connectivity index (χ1) is 12.4. The van der Waals surface area contributed by atoms with Gasteiger partial charge in [-0.2, -0.15) is 0 Å². The van der Waals surface area contributed by atoms with Crippen molar-refractivity contribution in [2.75, 3.05) is 13.2 Å². The van der Waals surface area contributed by atoms with E-state index in [0.717, 1.165) is 0 Å². The van der Waals surface area contributed by atoms with E-state index < -0.39 is 22.8 Å². The molecule has 1 aromatic carbocycles. The fourth-order valence-corrected chi connectivity index (χ4v) is 2.72. The largest absolute Gasteiger partial charge is 0.463 e. The molecule has 2 rings (SSSR count). The molecule has 0 spiro atoms. The van der Waals surface area contributed by atoms with E-state index in [-0.39, 0.29) is 30.0 Å². The number of rotatable bonds is 6. The van der Waals surface area contributed by atoms with Crippen molar-refractivity contribution in [3.05, 3.63) is 63.0 Å². The predicted molar refractivity (Wildman–Crippen MR) is 93.0 cm³/mol. The van der Waals surface area contributed by atoms with Crippen LogP contribution in [0.3, 0.4) is 0 Å². The molecule has 1 aliphatic rings. The predicted octanol–water partition coefficient (Wildman–Crippen LogP) is 2.57. The van der Waals surface area contributed by atoms with Crippen LogP contribution in [0.4, 0.5) is 5.69 Å². The van der Waals surface area contributed by atoms with Crippen LogP contribution in [0.2, 0.25) is 0 Å². The molecule has 1 aromatic rings. The third-order valence-corrected chi connectivity index (χ3v) is 3.89. The highest BCUT2D eigenvalue weighted by Gasteiger charge is 2.36. The van der Waals surface area contributed by atoms with Crippen LogP contribution < -0.4 is 5.32 Å². The number of benzene rings is 1. The highest BCUT2D eigenvalue weighted by Crippen LogP contribution is 2.37. The number of nitrogens with zero attached hydrogens (tertiary/aromatic N) is 1. The summed E-state index contributed by atoms with van der Waals surface area (Å²) in [5.74, 6) is -1.87. The third kappa shape index (κ3) is 3.90. The Bertz CT molecular complexity index is 779. The Labute approximate surface area is 150 Å². The van der Waals surface area contributed by atoms with E-state index in [1.807, 2.05) is 0 Å². The Morgan fingerprint density at radius 3 is 2.23 bits per heavy atom. The molecule has 8 nitrogen and oxygen atoms in total. The van der Waals surface area contributed by atoms with Crippen LogP contribution in [0.15, 0.2) is 47.3 Å². The molecular weight excluding hydrogens is 340 g/mol. The first-order valence-electron chi connectivity index (χ1n) is 8.16. The summed E-state index contributed by atoms with van der Waals surface area (Å²) in [6, 6.07) is 5.71. The quantitative estimate of drug-likeness (QED) is 0.472. The molecule has 0 amide bonds. The number of ether oxygens (including phenoxy) is 2. The molecule has 1 unspecified atom stereocenters. The van der Waals surface area contributed by atoms with E-state index in [0.29, 0.717) is 11.3 Å². The van der Waals surface area contributed by atoms with Gasteiger partial charge in [0.2, 0.25) is 0 Å². The van der Waals surface area contributed by atoms with Crippen molar-refractivity contribution in [2.24, 2.45) is 0 Å². The molecule has 0 bridgehead atoms. The molecule has 138 valence electrons. The lowest BCUT2D eigenvalue weighted by Crippen LogP contribution is -2.29. The first-order valence-corrected chi connectivity index (χ1v) is 8.16. The number of hydrogen-bond acceptors (Lipinski definition) is 7. The Morgan fingerprint density at radius 1 is 1.12 bits per heavy atom. The monoisotopic (exact) mass is 360 g/mol. The van der Waals surface area contributed by atoms with Crippen LogP contribution in [-0.2, 0) is 19.1 Å². The maximum atomic E-state index is 12.5. The molecule has 0 aromatic heterocycles. The van der Waals surface area contributed by atoms with Gasteiger partial charge in [0.25, 0.3) is 5.69 Å². The highest BCUT2D eigenvalue weighted by molar-refractivity contribution is 5.99. The molecule has 1 atom stereocenters. The average molecular weight is 360 g/mol. The smallest absolute Gasteiger partial charge is 0.336 e. The Balaban J connectivity index is 2.53. The fraction of sp³-hybridized carbons (Fsp3) is 0.333. The standard InChI is InChI=1S/C18H20N2O6/c1-4-25-17(21)14-10-19-11(3)15(18(22)26-5-2)16(14)12-6-8-13(9-7-12)20(23)24/h6-10,16,19H,4-5H2,1-3H3. The minimum Gasteiger partial charge on any atom is -0.463 e. The van der Waals surface area contributed by atoms with Gasteiger partial charge in [0.05, 0.1) is 35.2 Å². The first kappa shape index (κ1) is 19.2. The summed E-state index contributed by atoms with van der Waals surface area (Å²) in [4.78, 5) is 35.2. The van der Waals surface area contributed by atoms with Crippen LogP contribution >= 0.6 is 0 Å². The van der Waals surface area contributed by atoms with Crippen LogP contribution in [-0.4, -0.2) is 30.1 Å². The van der Waals surface area contributed by atoms with Crippen molar-refractivity contribution in [1.82, 2.24) is 5.32 Å². The number of esters is 2. The summed E-state index contributed by atoms with van der Waals surface area (Å²) in [5, 5.41) is 13.8. The van der Waals surface area contributed by atoms with Gasteiger partial charge in [-0.3, -0.25) is 10.1 Å². The number of non-ortho nitro benzene ring substituents is 1. The number of carbonyl (C=O) groups excluding carboxylic acids is 2. The van der Waals surface area contributed by atoms with Crippen molar-refractivity contribution in [1.29, 1.82) is 0 Å². The van der Waals surface area contributed by atoms with Gasteiger partial charge in [0.1, 0.15) is 0 Å². The molecule has 1 N–H and O–H groups in total. The van der Waals surface area contributed by atoms with Gasteiger partial charge < -0.3 is 14.8 Å². The normalized spacial score (nSPS) is 16.4. The Hall–Kier alpha value is -3.16. The van der Waals surface area contributed by atoms with E-state index in [9.17, 15) is 19.7 Å². The molecule has 0 saturated heterocycles. The van der Waals surface area contributed by atoms with E-state index in [4.69, 9.17) is 9.47 Å². The van der Waals surface area contributed by atoms with Gasteiger partial charge in [-0.05, 0) is 26.3 Å². The average Bonchev–Trinajstić information content (AvgIpc) is 2.61. The van der Waals surface area contributed by atoms with Gasteiger partial charge in [0.15, 0.2) is 0 Å². The lowest BCUT2D eigenvalue weighted by Gasteiger charge is -2.27. The number of dihydropyridines is 1. The Morgan fingerprint density at radius 2 is 1.69 bits per heavy atom. The zero-order valence-corrected chi connectivity index (χ0v) is 14.8. The number of allylic oxidation sites excluding steroid dienone is 1. The summed E-state index contributed by atoms with van der Waals surface area (Å²) in [6.07, 6.45) is 1.49. The summed E-state index contributed by atoms with van der Waals surface area (Å²) in [6.45, 7) is 5.43. The van der Waals surface area contributed by atoms with E-state index >= 15 is 0 Å². The lowest BCUT2D eigenvalue weighted by molar-refractivity contribution is -0.384. The minimum atomic E-state index is -0.741. The fourth-order valence-electron chi connectivity index (χ4n) is 2.72. The van der Waals surface area contributed by atoms with E-state index in [1.165, 1.54) is 30.5 Å². The molecular formula is C18H20N2O6. The Kier molecular flexibility index (Phi) is 6.11. The van der Waals surface area contributed by atoms with Crippen LogP contribution in [0, 0.1) is 10.1 Å². The summed E-state index contributed by atoms with van der Waals surface area (Å²) >= 11 is 0.